The first kappa shape index (κ1) is 17.0. The Balaban J connectivity index is 1.93. The predicted molar refractivity (Wildman–Crippen MR) is 103 cm³/mol. The van der Waals surface area contributed by atoms with Crippen LogP contribution in [0.3, 0.4) is 0 Å². The van der Waals surface area contributed by atoms with Crippen LogP contribution in [0, 0.1) is 0 Å². The molecular weight excluding hydrogens is 348 g/mol. The third kappa shape index (κ3) is 2.94. The van der Waals surface area contributed by atoms with E-state index in [2.05, 4.69) is 18.9 Å². The van der Waals surface area contributed by atoms with Crippen LogP contribution in [0.1, 0.15) is 38.9 Å². The van der Waals surface area contributed by atoms with Crippen molar-refractivity contribution in [2.75, 3.05) is 0 Å². The summed E-state index contributed by atoms with van der Waals surface area (Å²) in [5.74, 6) is 1.61. The molecule has 4 rings (SSSR count). The van der Waals surface area contributed by atoms with Crippen LogP contribution in [0.4, 0.5) is 0 Å². The molecule has 3 aromatic heterocycles. The second-order valence-corrected chi connectivity index (χ2v) is 6.85. The van der Waals surface area contributed by atoms with Crippen LogP contribution in [0.2, 0.25) is 5.02 Å². The molecule has 0 spiro atoms. The summed E-state index contributed by atoms with van der Waals surface area (Å²) in [5.41, 5.74) is 2.64. The number of hydrogen-bond donors (Lipinski definition) is 0. The van der Waals surface area contributed by atoms with Crippen molar-refractivity contribution in [3.8, 4) is 11.4 Å². The molecule has 0 aliphatic rings. The zero-order valence-electron chi connectivity index (χ0n) is 15.0. The molecule has 3 heterocycles. The summed E-state index contributed by atoms with van der Waals surface area (Å²) in [6.07, 6.45) is 5.89. The van der Waals surface area contributed by atoms with Gasteiger partial charge < -0.3 is 0 Å². The Kier molecular flexibility index (Phi) is 4.59. The summed E-state index contributed by atoms with van der Waals surface area (Å²) < 4.78 is 3.83. The van der Waals surface area contributed by atoms with Gasteiger partial charge in [0.2, 0.25) is 0 Å². The third-order valence-electron chi connectivity index (χ3n) is 4.43. The number of rotatable bonds is 6. The van der Waals surface area contributed by atoms with Gasteiger partial charge in [0.1, 0.15) is 5.82 Å². The minimum absolute atomic E-state index is 0.678. The summed E-state index contributed by atoms with van der Waals surface area (Å²) >= 11 is 6.00. The lowest BCUT2D eigenvalue weighted by Gasteiger charge is -2.05. The monoisotopic (exact) mass is 368 g/mol. The van der Waals surface area contributed by atoms with E-state index in [0.717, 1.165) is 60.3 Å². The zero-order valence-corrected chi connectivity index (χ0v) is 15.7. The summed E-state index contributed by atoms with van der Waals surface area (Å²) in [6, 6.07) is 7.59. The molecular formula is C19H21ClN6. The standard InChI is InChI=1S/C19H21ClN6/c1-3-5-6-16-22-18-15(12-21-25(18)11-4-2)19-23-17(24-26(16)19)13-7-9-14(20)10-8-13/h7-10,12H,3-6,11H2,1-2H3. The summed E-state index contributed by atoms with van der Waals surface area (Å²) in [6.45, 7) is 5.16. The van der Waals surface area contributed by atoms with Crippen LogP contribution in [-0.4, -0.2) is 29.4 Å². The fraction of sp³-hybridized carbons (Fsp3) is 0.368. The van der Waals surface area contributed by atoms with E-state index in [9.17, 15) is 0 Å². The Morgan fingerprint density at radius 1 is 1.00 bits per heavy atom. The van der Waals surface area contributed by atoms with Crippen LogP contribution in [0.25, 0.3) is 28.1 Å². The molecule has 6 nitrogen and oxygen atoms in total. The van der Waals surface area contributed by atoms with Gasteiger partial charge in [0, 0.05) is 23.6 Å². The van der Waals surface area contributed by atoms with E-state index in [1.54, 1.807) is 0 Å². The summed E-state index contributed by atoms with van der Waals surface area (Å²) in [5, 5.41) is 10.9. The van der Waals surface area contributed by atoms with Gasteiger partial charge in [-0.15, -0.1) is 5.10 Å². The van der Waals surface area contributed by atoms with Crippen molar-refractivity contribution in [1.82, 2.24) is 29.4 Å². The maximum atomic E-state index is 6.00. The van der Waals surface area contributed by atoms with Crippen molar-refractivity contribution in [2.45, 2.75) is 46.1 Å². The van der Waals surface area contributed by atoms with E-state index in [0.29, 0.717) is 10.8 Å². The number of aromatic nitrogens is 6. The smallest absolute Gasteiger partial charge is 0.182 e. The van der Waals surface area contributed by atoms with Crippen molar-refractivity contribution in [2.24, 2.45) is 0 Å². The van der Waals surface area contributed by atoms with Crippen molar-refractivity contribution in [3.05, 3.63) is 41.3 Å². The van der Waals surface area contributed by atoms with Gasteiger partial charge in [-0.1, -0.05) is 31.9 Å². The Morgan fingerprint density at radius 2 is 1.81 bits per heavy atom. The average molecular weight is 369 g/mol. The van der Waals surface area contributed by atoms with Crippen LogP contribution in [0.5, 0.6) is 0 Å². The lowest BCUT2D eigenvalue weighted by Crippen LogP contribution is -2.06. The Morgan fingerprint density at radius 3 is 2.54 bits per heavy atom. The predicted octanol–water partition coefficient (Wildman–Crippen LogP) is 4.55. The van der Waals surface area contributed by atoms with Gasteiger partial charge in [0.15, 0.2) is 17.1 Å². The highest BCUT2D eigenvalue weighted by molar-refractivity contribution is 6.30. The lowest BCUT2D eigenvalue weighted by atomic mass is 10.2. The molecule has 0 radical (unpaired) electrons. The molecule has 1 aromatic carbocycles. The highest BCUT2D eigenvalue weighted by Crippen LogP contribution is 2.24. The number of unbranched alkanes of at least 4 members (excludes halogenated alkanes) is 1. The second kappa shape index (κ2) is 7.03. The molecule has 0 aliphatic carbocycles. The topological polar surface area (TPSA) is 60.9 Å². The molecule has 0 saturated heterocycles. The molecule has 0 saturated carbocycles. The van der Waals surface area contributed by atoms with Crippen molar-refractivity contribution in [1.29, 1.82) is 0 Å². The van der Waals surface area contributed by atoms with Crippen LogP contribution < -0.4 is 0 Å². The number of nitrogens with zero attached hydrogens (tertiary/aromatic N) is 6. The van der Waals surface area contributed by atoms with E-state index in [1.807, 2.05) is 39.7 Å². The zero-order chi connectivity index (χ0) is 18.1. The Bertz CT molecular complexity index is 1050. The molecule has 0 N–H and O–H groups in total. The van der Waals surface area contributed by atoms with Gasteiger partial charge in [0.25, 0.3) is 0 Å². The highest BCUT2D eigenvalue weighted by atomic mass is 35.5. The first-order valence-electron chi connectivity index (χ1n) is 9.08. The maximum absolute atomic E-state index is 6.00. The van der Waals surface area contributed by atoms with E-state index in [1.165, 1.54) is 0 Å². The van der Waals surface area contributed by atoms with Gasteiger partial charge in [-0.05, 0) is 37.1 Å². The molecule has 26 heavy (non-hydrogen) atoms. The molecule has 0 fully saturated rings. The highest BCUT2D eigenvalue weighted by Gasteiger charge is 2.17. The minimum Gasteiger partial charge on any atom is -0.247 e. The van der Waals surface area contributed by atoms with Gasteiger partial charge in [0.05, 0.1) is 11.6 Å². The molecule has 0 unspecified atom stereocenters. The fourth-order valence-electron chi connectivity index (χ4n) is 3.08. The molecule has 7 heteroatoms. The van der Waals surface area contributed by atoms with Gasteiger partial charge in [-0.2, -0.15) is 9.61 Å². The number of benzene rings is 1. The van der Waals surface area contributed by atoms with Crippen LogP contribution >= 0.6 is 11.6 Å². The average Bonchev–Trinajstić information content (AvgIpc) is 3.25. The maximum Gasteiger partial charge on any atom is 0.182 e. The molecule has 0 atom stereocenters. The van der Waals surface area contributed by atoms with Gasteiger partial charge >= 0.3 is 0 Å². The number of fused-ring (bicyclic) bond motifs is 3. The van der Waals surface area contributed by atoms with Crippen molar-refractivity contribution >= 4 is 28.3 Å². The van der Waals surface area contributed by atoms with E-state index < -0.39 is 0 Å². The third-order valence-corrected chi connectivity index (χ3v) is 4.68. The summed E-state index contributed by atoms with van der Waals surface area (Å²) in [7, 11) is 0. The molecule has 0 aliphatic heterocycles. The lowest BCUT2D eigenvalue weighted by molar-refractivity contribution is 0.613. The van der Waals surface area contributed by atoms with Gasteiger partial charge in [-0.25, -0.2) is 14.6 Å². The normalized spacial score (nSPS) is 11.7. The first-order valence-corrected chi connectivity index (χ1v) is 9.46. The number of halogens is 1. The fourth-order valence-corrected chi connectivity index (χ4v) is 3.21. The van der Waals surface area contributed by atoms with Crippen molar-refractivity contribution < 1.29 is 0 Å². The quantitative estimate of drug-likeness (QED) is 0.501. The Labute approximate surface area is 156 Å². The van der Waals surface area contributed by atoms with Crippen LogP contribution in [-0.2, 0) is 13.0 Å². The minimum atomic E-state index is 0.678. The molecule has 0 bridgehead atoms. The number of aryl methyl sites for hydroxylation is 2. The largest absolute Gasteiger partial charge is 0.247 e. The van der Waals surface area contributed by atoms with Crippen LogP contribution in [0.15, 0.2) is 30.5 Å². The van der Waals surface area contributed by atoms with E-state index in [4.69, 9.17) is 26.7 Å². The molecule has 4 aromatic rings. The molecule has 134 valence electrons. The van der Waals surface area contributed by atoms with E-state index in [-0.39, 0.29) is 0 Å². The SMILES string of the molecule is CCCCc1nc2c(cnn2CCC)c2nc(-c3ccc(Cl)cc3)nn12. The van der Waals surface area contributed by atoms with Crippen molar-refractivity contribution in [3.63, 3.8) is 0 Å². The second-order valence-electron chi connectivity index (χ2n) is 6.41. The molecule has 0 amide bonds. The van der Waals surface area contributed by atoms with E-state index >= 15 is 0 Å². The summed E-state index contributed by atoms with van der Waals surface area (Å²) in [4.78, 5) is 9.68. The Hall–Kier alpha value is -2.47. The number of hydrogen-bond acceptors (Lipinski definition) is 4. The first-order chi connectivity index (χ1) is 12.7. The van der Waals surface area contributed by atoms with Gasteiger partial charge in [-0.3, -0.25) is 0 Å².